The van der Waals surface area contributed by atoms with Crippen LogP contribution in [0.4, 0.5) is 5.13 Å². The normalized spacial score (nSPS) is 14.8. The molecule has 112 valence electrons. The molecule has 2 aromatic rings. The smallest absolute Gasteiger partial charge is 0.255 e. The Morgan fingerprint density at radius 2 is 2.00 bits per heavy atom. The van der Waals surface area contributed by atoms with Crippen molar-refractivity contribution in [1.82, 2.24) is 9.97 Å². The zero-order valence-corrected chi connectivity index (χ0v) is 13.9. The van der Waals surface area contributed by atoms with Gasteiger partial charge in [-0.2, -0.15) is 0 Å². The van der Waals surface area contributed by atoms with Gasteiger partial charge in [-0.05, 0) is 31.7 Å². The Balaban J connectivity index is 1.88. The molecule has 0 spiro atoms. The Morgan fingerprint density at radius 3 is 2.71 bits per heavy atom. The molecule has 0 saturated carbocycles. The lowest BCUT2D eigenvalue weighted by molar-refractivity contribution is 0.600. The number of hydrogen-bond acceptors (Lipinski definition) is 5. The van der Waals surface area contributed by atoms with Gasteiger partial charge in [0.2, 0.25) is 0 Å². The van der Waals surface area contributed by atoms with Gasteiger partial charge in [-0.15, -0.1) is 11.3 Å². The standard InChI is InChI=1S/C12H11Cl2N3O2S2/c13-8-5-7(6-15-11(8)14)21(18,19)17-12-16-9-3-1-2-4-10(9)20-12/h5-6H,1-4H2,(H,16,17). The molecule has 5 nitrogen and oxygen atoms in total. The molecule has 0 bridgehead atoms. The molecule has 0 fully saturated rings. The molecule has 1 aliphatic rings. The maximum Gasteiger partial charge on any atom is 0.265 e. The molecule has 1 N–H and O–H groups in total. The van der Waals surface area contributed by atoms with Gasteiger partial charge in [-0.25, -0.2) is 18.4 Å². The van der Waals surface area contributed by atoms with E-state index in [4.69, 9.17) is 23.2 Å². The van der Waals surface area contributed by atoms with Gasteiger partial charge in [-0.3, -0.25) is 4.72 Å². The van der Waals surface area contributed by atoms with Crippen LogP contribution in [0.3, 0.4) is 0 Å². The van der Waals surface area contributed by atoms with E-state index in [0.29, 0.717) is 5.13 Å². The van der Waals surface area contributed by atoms with Gasteiger partial charge < -0.3 is 0 Å². The number of fused-ring (bicyclic) bond motifs is 1. The lowest BCUT2D eigenvalue weighted by atomic mass is 10.0. The zero-order valence-electron chi connectivity index (χ0n) is 10.8. The summed E-state index contributed by atoms with van der Waals surface area (Å²) in [6.45, 7) is 0. The van der Waals surface area contributed by atoms with E-state index in [9.17, 15) is 8.42 Å². The van der Waals surface area contributed by atoms with Crippen molar-refractivity contribution in [3.05, 3.63) is 33.0 Å². The predicted molar refractivity (Wildman–Crippen MR) is 83.8 cm³/mol. The average Bonchev–Trinajstić information content (AvgIpc) is 2.82. The monoisotopic (exact) mass is 363 g/mol. The number of hydrogen-bond donors (Lipinski definition) is 1. The number of aromatic nitrogens is 2. The highest BCUT2D eigenvalue weighted by Crippen LogP contribution is 2.31. The van der Waals surface area contributed by atoms with E-state index in [-0.39, 0.29) is 15.1 Å². The SMILES string of the molecule is O=S(=O)(Nc1nc2c(s1)CCCC2)c1cnc(Cl)c(Cl)c1. The molecular formula is C12H11Cl2N3O2S2. The highest BCUT2D eigenvalue weighted by molar-refractivity contribution is 7.93. The van der Waals surface area contributed by atoms with Crippen LogP contribution in [0, 0.1) is 0 Å². The van der Waals surface area contributed by atoms with Crippen molar-refractivity contribution in [3.8, 4) is 0 Å². The number of pyridine rings is 1. The molecular weight excluding hydrogens is 353 g/mol. The van der Waals surface area contributed by atoms with Crippen molar-refractivity contribution < 1.29 is 8.42 Å². The van der Waals surface area contributed by atoms with Crippen molar-refractivity contribution >= 4 is 49.7 Å². The van der Waals surface area contributed by atoms with Gasteiger partial charge in [-0.1, -0.05) is 23.2 Å². The van der Waals surface area contributed by atoms with Gasteiger partial charge in [0, 0.05) is 11.1 Å². The molecule has 0 unspecified atom stereocenters. The second-order valence-corrected chi connectivity index (χ2v) is 8.18. The molecule has 9 heteroatoms. The van der Waals surface area contributed by atoms with Crippen LogP contribution in [-0.4, -0.2) is 18.4 Å². The second kappa shape index (κ2) is 5.72. The van der Waals surface area contributed by atoms with Crippen LogP contribution in [-0.2, 0) is 22.9 Å². The van der Waals surface area contributed by atoms with Gasteiger partial charge >= 0.3 is 0 Å². The first kappa shape index (κ1) is 15.0. The van der Waals surface area contributed by atoms with E-state index >= 15 is 0 Å². The van der Waals surface area contributed by atoms with Crippen LogP contribution >= 0.6 is 34.5 Å². The quantitative estimate of drug-likeness (QED) is 0.846. The lowest BCUT2D eigenvalue weighted by Crippen LogP contribution is -2.13. The minimum atomic E-state index is -3.76. The van der Waals surface area contributed by atoms with E-state index in [1.165, 1.54) is 23.6 Å². The molecule has 21 heavy (non-hydrogen) atoms. The van der Waals surface area contributed by atoms with E-state index in [2.05, 4.69) is 14.7 Å². The van der Waals surface area contributed by atoms with Crippen LogP contribution in [0.5, 0.6) is 0 Å². The Morgan fingerprint density at radius 1 is 1.24 bits per heavy atom. The Hall–Kier alpha value is -0.890. The molecule has 3 rings (SSSR count). The van der Waals surface area contributed by atoms with Crippen LogP contribution in [0.25, 0.3) is 0 Å². The summed E-state index contributed by atoms with van der Waals surface area (Å²) < 4.78 is 27.1. The Kier molecular flexibility index (Phi) is 4.09. The van der Waals surface area contributed by atoms with E-state index in [1.54, 1.807) is 0 Å². The third kappa shape index (κ3) is 3.15. The van der Waals surface area contributed by atoms with E-state index in [0.717, 1.165) is 36.3 Å². The molecule has 1 aliphatic carbocycles. The largest absolute Gasteiger partial charge is 0.265 e. The summed E-state index contributed by atoms with van der Waals surface area (Å²) in [5, 5.41) is 0.547. The third-order valence-corrected chi connectivity index (χ3v) is 6.34. The molecule has 0 saturated heterocycles. The molecule has 2 heterocycles. The highest BCUT2D eigenvalue weighted by Gasteiger charge is 2.21. The summed E-state index contributed by atoms with van der Waals surface area (Å²) in [5.41, 5.74) is 0.996. The van der Waals surface area contributed by atoms with Crippen LogP contribution in [0.2, 0.25) is 10.2 Å². The minimum absolute atomic E-state index is 0.0370. The molecule has 0 radical (unpaired) electrons. The van der Waals surface area contributed by atoms with Crippen LogP contribution in [0.15, 0.2) is 17.2 Å². The first-order chi connectivity index (χ1) is 9.95. The summed E-state index contributed by atoms with van der Waals surface area (Å²) in [6, 6.07) is 1.27. The fraction of sp³-hybridized carbons (Fsp3) is 0.333. The average molecular weight is 364 g/mol. The maximum atomic E-state index is 12.3. The lowest BCUT2D eigenvalue weighted by Gasteiger charge is -2.06. The number of anilines is 1. The fourth-order valence-corrected chi connectivity index (χ4v) is 4.71. The third-order valence-electron chi connectivity index (χ3n) is 3.15. The summed E-state index contributed by atoms with van der Waals surface area (Å²) >= 11 is 12.9. The minimum Gasteiger partial charge on any atom is -0.255 e. The van der Waals surface area contributed by atoms with Crippen LogP contribution < -0.4 is 4.72 Å². The molecule has 2 aromatic heterocycles. The number of sulfonamides is 1. The van der Waals surface area contributed by atoms with Crippen molar-refractivity contribution in [1.29, 1.82) is 0 Å². The molecule has 0 aliphatic heterocycles. The predicted octanol–water partition coefficient (Wildman–Crippen LogP) is 3.52. The van der Waals surface area contributed by atoms with Gasteiger partial charge in [0.25, 0.3) is 10.0 Å². The number of nitrogens with one attached hydrogen (secondary N) is 1. The highest BCUT2D eigenvalue weighted by atomic mass is 35.5. The number of aryl methyl sites for hydroxylation is 2. The van der Waals surface area contributed by atoms with Crippen LogP contribution in [0.1, 0.15) is 23.4 Å². The summed E-state index contributed by atoms with van der Waals surface area (Å²) in [4.78, 5) is 9.22. The van der Waals surface area contributed by atoms with E-state index in [1.807, 2.05) is 0 Å². The van der Waals surface area contributed by atoms with Crippen molar-refractivity contribution in [2.75, 3.05) is 4.72 Å². The summed E-state index contributed by atoms with van der Waals surface area (Å²) in [5.74, 6) is 0. The maximum absolute atomic E-state index is 12.3. The van der Waals surface area contributed by atoms with Crippen molar-refractivity contribution in [2.24, 2.45) is 0 Å². The summed E-state index contributed by atoms with van der Waals surface area (Å²) in [6.07, 6.45) is 5.26. The molecule has 0 amide bonds. The second-order valence-electron chi connectivity index (χ2n) is 4.65. The number of rotatable bonds is 3. The Labute approximate surface area is 136 Å². The number of thiazole rings is 1. The first-order valence-corrected chi connectivity index (χ1v) is 9.34. The Bertz CT molecular complexity index is 766. The van der Waals surface area contributed by atoms with Gasteiger partial charge in [0.15, 0.2) is 5.13 Å². The van der Waals surface area contributed by atoms with Crippen molar-refractivity contribution in [3.63, 3.8) is 0 Å². The fourth-order valence-electron chi connectivity index (χ4n) is 2.12. The summed E-state index contributed by atoms with van der Waals surface area (Å²) in [7, 11) is -3.76. The topological polar surface area (TPSA) is 72.0 Å². The number of halogens is 2. The molecule has 0 atom stereocenters. The van der Waals surface area contributed by atoms with E-state index < -0.39 is 10.0 Å². The van der Waals surface area contributed by atoms with Gasteiger partial charge in [0.1, 0.15) is 10.0 Å². The van der Waals surface area contributed by atoms with Crippen molar-refractivity contribution in [2.45, 2.75) is 30.6 Å². The molecule has 0 aromatic carbocycles. The number of nitrogens with zero attached hydrogens (tertiary/aromatic N) is 2. The van der Waals surface area contributed by atoms with Gasteiger partial charge in [0.05, 0.1) is 10.7 Å². The first-order valence-electron chi connectivity index (χ1n) is 6.28. The zero-order chi connectivity index (χ0) is 15.0.